The molecule has 4 N–H and O–H groups in total. The van der Waals surface area contributed by atoms with Crippen LogP contribution in [0, 0.1) is 0 Å². The van der Waals surface area contributed by atoms with Crippen molar-refractivity contribution in [2.75, 3.05) is 11.5 Å². The molecule has 0 saturated heterocycles. The topological polar surface area (TPSA) is 52.0 Å². The van der Waals surface area contributed by atoms with Crippen LogP contribution in [-0.2, 0) is 0 Å². The normalized spacial score (nSPS) is 10.6. The first-order chi connectivity index (χ1) is 8.59. The molecule has 0 radical (unpaired) electrons. The SMILES string of the molecule is Nc1cccc(Cl)c1SSc1c(N)cccc1Cl. The summed E-state index contributed by atoms with van der Waals surface area (Å²) < 4.78 is 0. The van der Waals surface area contributed by atoms with Crippen molar-refractivity contribution in [2.45, 2.75) is 9.79 Å². The average molecular weight is 317 g/mol. The molecule has 94 valence electrons. The summed E-state index contributed by atoms with van der Waals surface area (Å²) in [5.41, 5.74) is 13.0. The van der Waals surface area contributed by atoms with Crippen molar-refractivity contribution >= 4 is 56.2 Å². The lowest BCUT2D eigenvalue weighted by Gasteiger charge is -2.09. The third-order valence-electron chi connectivity index (χ3n) is 2.20. The maximum atomic E-state index is 6.10. The standard InChI is InChI=1S/C12H10Cl2N2S2/c13-7-3-1-5-9(15)11(7)17-18-12-8(14)4-2-6-10(12)16/h1-6H,15-16H2. The predicted molar refractivity (Wildman–Crippen MR) is 83.4 cm³/mol. The van der Waals surface area contributed by atoms with Crippen molar-refractivity contribution in [1.29, 1.82) is 0 Å². The van der Waals surface area contributed by atoms with Gasteiger partial charge in [0.15, 0.2) is 0 Å². The van der Waals surface area contributed by atoms with Gasteiger partial charge >= 0.3 is 0 Å². The van der Waals surface area contributed by atoms with E-state index in [0.29, 0.717) is 21.4 Å². The first-order valence-corrected chi connectivity index (χ1v) is 7.92. The number of nitrogens with two attached hydrogens (primary N) is 2. The Morgan fingerprint density at radius 3 is 1.44 bits per heavy atom. The minimum Gasteiger partial charge on any atom is -0.398 e. The molecule has 2 nitrogen and oxygen atoms in total. The van der Waals surface area contributed by atoms with Gasteiger partial charge in [0, 0.05) is 11.4 Å². The van der Waals surface area contributed by atoms with Gasteiger partial charge in [0.25, 0.3) is 0 Å². The molecule has 18 heavy (non-hydrogen) atoms. The monoisotopic (exact) mass is 316 g/mol. The van der Waals surface area contributed by atoms with Gasteiger partial charge < -0.3 is 11.5 Å². The van der Waals surface area contributed by atoms with Crippen LogP contribution >= 0.6 is 44.8 Å². The van der Waals surface area contributed by atoms with Crippen LogP contribution in [0.25, 0.3) is 0 Å². The molecule has 0 saturated carbocycles. The lowest BCUT2D eigenvalue weighted by atomic mass is 10.3. The van der Waals surface area contributed by atoms with Crippen LogP contribution < -0.4 is 11.5 Å². The van der Waals surface area contributed by atoms with E-state index >= 15 is 0 Å². The number of benzene rings is 2. The maximum absolute atomic E-state index is 6.10. The fourth-order valence-electron chi connectivity index (χ4n) is 1.31. The molecule has 0 bridgehead atoms. The van der Waals surface area contributed by atoms with E-state index in [1.54, 1.807) is 12.1 Å². The number of hydrogen-bond donors (Lipinski definition) is 2. The molecule has 0 amide bonds. The zero-order valence-corrected chi connectivity index (χ0v) is 12.3. The average Bonchev–Trinajstić information content (AvgIpc) is 2.31. The second-order valence-electron chi connectivity index (χ2n) is 3.48. The van der Waals surface area contributed by atoms with Crippen molar-refractivity contribution < 1.29 is 0 Å². The number of anilines is 2. The van der Waals surface area contributed by atoms with Gasteiger partial charge in [-0.2, -0.15) is 0 Å². The van der Waals surface area contributed by atoms with E-state index in [0.717, 1.165) is 9.79 Å². The molecule has 0 aliphatic rings. The summed E-state index contributed by atoms with van der Waals surface area (Å²) >= 11 is 12.2. The van der Waals surface area contributed by atoms with E-state index in [4.69, 9.17) is 34.7 Å². The minimum atomic E-state index is 0.623. The van der Waals surface area contributed by atoms with Gasteiger partial charge in [-0.25, -0.2) is 0 Å². The molecule has 0 aliphatic heterocycles. The van der Waals surface area contributed by atoms with Crippen LogP contribution in [0.1, 0.15) is 0 Å². The Morgan fingerprint density at radius 1 is 0.722 bits per heavy atom. The number of rotatable bonds is 3. The molecule has 0 heterocycles. The van der Waals surface area contributed by atoms with Crippen molar-refractivity contribution in [3.8, 4) is 0 Å². The van der Waals surface area contributed by atoms with Crippen molar-refractivity contribution in [1.82, 2.24) is 0 Å². The second kappa shape index (κ2) is 5.97. The molecule has 6 heteroatoms. The van der Waals surface area contributed by atoms with E-state index < -0.39 is 0 Å². The van der Waals surface area contributed by atoms with Gasteiger partial charge in [-0.3, -0.25) is 0 Å². The molecule has 0 unspecified atom stereocenters. The van der Waals surface area contributed by atoms with Crippen LogP contribution in [-0.4, -0.2) is 0 Å². The lowest BCUT2D eigenvalue weighted by molar-refractivity contribution is 1.46. The summed E-state index contributed by atoms with van der Waals surface area (Å²) in [6.07, 6.45) is 0. The molecule has 0 aliphatic carbocycles. The van der Waals surface area contributed by atoms with Gasteiger partial charge in [-0.05, 0) is 45.9 Å². The Kier molecular flexibility index (Phi) is 4.56. The van der Waals surface area contributed by atoms with Crippen LogP contribution in [0.2, 0.25) is 10.0 Å². The first kappa shape index (κ1) is 13.7. The highest BCUT2D eigenvalue weighted by Gasteiger charge is 2.10. The summed E-state index contributed by atoms with van der Waals surface area (Å²) in [5.74, 6) is 0. The van der Waals surface area contributed by atoms with Crippen molar-refractivity contribution in [3.63, 3.8) is 0 Å². The summed E-state index contributed by atoms with van der Waals surface area (Å²) in [7, 11) is 2.90. The fourth-order valence-corrected chi connectivity index (χ4v) is 4.59. The first-order valence-electron chi connectivity index (χ1n) is 5.02. The highest BCUT2D eigenvalue weighted by atomic mass is 35.5. The third-order valence-corrected chi connectivity index (χ3v) is 5.64. The van der Waals surface area contributed by atoms with E-state index in [2.05, 4.69) is 0 Å². The van der Waals surface area contributed by atoms with Gasteiger partial charge in [-0.15, -0.1) is 0 Å². The Balaban J connectivity index is 2.22. The molecule has 0 spiro atoms. The van der Waals surface area contributed by atoms with Gasteiger partial charge in [-0.1, -0.05) is 35.3 Å². The Hall–Kier alpha value is -0.680. The van der Waals surface area contributed by atoms with Crippen molar-refractivity contribution in [3.05, 3.63) is 46.4 Å². The molecule has 2 aromatic carbocycles. The van der Waals surface area contributed by atoms with Crippen LogP contribution in [0.15, 0.2) is 46.2 Å². The van der Waals surface area contributed by atoms with Gasteiger partial charge in [0.1, 0.15) is 0 Å². The van der Waals surface area contributed by atoms with E-state index in [1.165, 1.54) is 21.6 Å². The zero-order chi connectivity index (χ0) is 13.1. The Morgan fingerprint density at radius 2 is 1.11 bits per heavy atom. The van der Waals surface area contributed by atoms with Crippen LogP contribution in [0.3, 0.4) is 0 Å². The number of hydrogen-bond acceptors (Lipinski definition) is 4. The Labute approximate surface area is 123 Å². The van der Waals surface area contributed by atoms with E-state index in [-0.39, 0.29) is 0 Å². The summed E-state index contributed by atoms with van der Waals surface area (Å²) in [5, 5.41) is 1.25. The molecule has 0 fully saturated rings. The third kappa shape index (κ3) is 3.01. The highest BCUT2D eigenvalue weighted by molar-refractivity contribution is 8.76. The molecule has 2 rings (SSSR count). The molecule has 0 aromatic heterocycles. The molecular weight excluding hydrogens is 307 g/mol. The number of halogens is 2. The lowest BCUT2D eigenvalue weighted by Crippen LogP contribution is -1.89. The smallest absolute Gasteiger partial charge is 0.0602 e. The predicted octanol–water partition coefficient (Wildman–Crippen LogP) is 4.96. The van der Waals surface area contributed by atoms with Crippen LogP contribution in [0.5, 0.6) is 0 Å². The van der Waals surface area contributed by atoms with Gasteiger partial charge in [0.05, 0.1) is 19.8 Å². The second-order valence-corrected chi connectivity index (χ2v) is 6.45. The summed E-state index contributed by atoms with van der Waals surface area (Å²) in [6, 6.07) is 10.9. The number of nitrogen functional groups attached to an aromatic ring is 2. The quantitative estimate of drug-likeness (QED) is 0.621. The molecular formula is C12H10Cl2N2S2. The highest BCUT2D eigenvalue weighted by Crippen LogP contribution is 2.47. The molecule has 0 atom stereocenters. The maximum Gasteiger partial charge on any atom is 0.0602 e. The summed E-state index contributed by atoms with van der Waals surface area (Å²) in [6.45, 7) is 0. The van der Waals surface area contributed by atoms with Crippen LogP contribution in [0.4, 0.5) is 11.4 Å². The fraction of sp³-hybridized carbons (Fsp3) is 0. The van der Waals surface area contributed by atoms with Crippen molar-refractivity contribution in [2.24, 2.45) is 0 Å². The van der Waals surface area contributed by atoms with Gasteiger partial charge in [0.2, 0.25) is 0 Å². The minimum absolute atomic E-state index is 0.623. The largest absolute Gasteiger partial charge is 0.398 e. The zero-order valence-electron chi connectivity index (χ0n) is 9.19. The Bertz CT molecular complexity index is 484. The summed E-state index contributed by atoms with van der Waals surface area (Å²) in [4.78, 5) is 1.65. The molecule has 2 aromatic rings. The van der Waals surface area contributed by atoms with E-state index in [1.807, 2.05) is 24.3 Å². The van der Waals surface area contributed by atoms with E-state index in [9.17, 15) is 0 Å².